The summed E-state index contributed by atoms with van der Waals surface area (Å²) in [4.78, 5) is 12.2. The third kappa shape index (κ3) is 3.95. The summed E-state index contributed by atoms with van der Waals surface area (Å²) in [6.45, 7) is 7.87. The number of hydrogen-bond donors (Lipinski definition) is 2. The van der Waals surface area contributed by atoms with E-state index in [2.05, 4.69) is 29.7 Å². The molecule has 0 aliphatic carbocycles. The molecular weight excluding hydrogens is 260 g/mol. The highest BCUT2D eigenvalue weighted by Crippen LogP contribution is 2.16. The fourth-order valence-electron chi connectivity index (χ4n) is 2.77. The van der Waals surface area contributed by atoms with Crippen molar-refractivity contribution in [2.75, 3.05) is 13.1 Å². The molecule has 1 aromatic carbocycles. The molecule has 0 aromatic heterocycles. The van der Waals surface area contributed by atoms with Crippen molar-refractivity contribution in [2.45, 2.75) is 39.7 Å². The largest absolute Gasteiger partial charge is 0.350 e. The van der Waals surface area contributed by atoms with Crippen LogP contribution in [0, 0.1) is 20.8 Å². The van der Waals surface area contributed by atoms with Crippen LogP contribution in [0.1, 0.15) is 39.9 Å². The normalized spacial score (nSPS) is 17.9. The lowest BCUT2D eigenvalue weighted by atomic mass is 9.99. The Morgan fingerprint density at radius 1 is 1.32 bits per heavy atom. The van der Waals surface area contributed by atoms with E-state index in [-0.39, 0.29) is 18.3 Å². The molecule has 19 heavy (non-hydrogen) atoms. The van der Waals surface area contributed by atoms with Crippen LogP contribution in [0.2, 0.25) is 0 Å². The van der Waals surface area contributed by atoms with Crippen molar-refractivity contribution >= 4 is 18.3 Å². The Morgan fingerprint density at radius 2 is 1.95 bits per heavy atom. The van der Waals surface area contributed by atoms with Gasteiger partial charge in [-0.25, -0.2) is 0 Å². The second-order valence-electron chi connectivity index (χ2n) is 5.28. The van der Waals surface area contributed by atoms with Gasteiger partial charge in [0.05, 0.1) is 0 Å². The Kier molecular flexibility index (Phi) is 5.83. The maximum absolute atomic E-state index is 12.2. The molecule has 1 aliphatic heterocycles. The standard InChI is InChI=1S/C15H22N2O.ClH/c1-10-7-11(2)14(12(3)8-10)15(18)17-9-13-5-4-6-16-13;/h7-8,13,16H,4-6,9H2,1-3H3,(H,17,18);1H. The average Bonchev–Trinajstić information content (AvgIpc) is 2.77. The van der Waals surface area contributed by atoms with Gasteiger partial charge in [0.25, 0.3) is 5.91 Å². The van der Waals surface area contributed by atoms with E-state index in [1.165, 1.54) is 12.0 Å². The smallest absolute Gasteiger partial charge is 0.251 e. The number of halogens is 1. The monoisotopic (exact) mass is 282 g/mol. The van der Waals surface area contributed by atoms with Gasteiger partial charge in [-0.15, -0.1) is 12.4 Å². The van der Waals surface area contributed by atoms with Crippen molar-refractivity contribution in [3.05, 3.63) is 34.4 Å². The third-order valence-electron chi connectivity index (χ3n) is 3.58. The Morgan fingerprint density at radius 3 is 2.47 bits per heavy atom. The summed E-state index contributed by atoms with van der Waals surface area (Å²) in [5, 5.41) is 6.43. The van der Waals surface area contributed by atoms with E-state index in [0.717, 1.165) is 36.2 Å². The van der Waals surface area contributed by atoms with Gasteiger partial charge in [0.15, 0.2) is 0 Å². The molecule has 106 valence electrons. The van der Waals surface area contributed by atoms with Gasteiger partial charge in [-0.3, -0.25) is 4.79 Å². The van der Waals surface area contributed by atoms with E-state index >= 15 is 0 Å². The first kappa shape index (κ1) is 16.0. The van der Waals surface area contributed by atoms with Gasteiger partial charge in [-0.2, -0.15) is 0 Å². The summed E-state index contributed by atoms with van der Waals surface area (Å²) >= 11 is 0. The van der Waals surface area contributed by atoms with Crippen LogP contribution in [0.3, 0.4) is 0 Å². The molecule has 0 saturated carbocycles. The van der Waals surface area contributed by atoms with Crippen LogP contribution in [-0.4, -0.2) is 25.0 Å². The van der Waals surface area contributed by atoms with Crippen LogP contribution >= 0.6 is 12.4 Å². The summed E-state index contributed by atoms with van der Waals surface area (Å²) in [5.41, 5.74) is 4.16. The molecule has 0 bridgehead atoms. The maximum atomic E-state index is 12.2. The highest BCUT2D eigenvalue weighted by atomic mass is 35.5. The lowest BCUT2D eigenvalue weighted by molar-refractivity contribution is 0.0949. The Bertz CT molecular complexity index is 430. The fourth-order valence-corrected chi connectivity index (χ4v) is 2.77. The number of amides is 1. The molecule has 1 fully saturated rings. The minimum atomic E-state index is 0. The summed E-state index contributed by atoms with van der Waals surface area (Å²) in [6, 6.07) is 4.57. The van der Waals surface area contributed by atoms with Gasteiger partial charge >= 0.3 is 0 Å². The molecule has 2 N–H and O–H groups in total. The number of carbonyl (C=O) groups excluding carboxylic acids is 1. The molecule has 3 nitrogen and oxygen atoms in total. The highest BCUT2D eigenvalue weighted by molar-refractivity contribution is 5.97. The van der Waals surface area contributed by atoms with Crippen LogP contribution in [0.15, 0.2) is 12.1 Å². The SMILES string of the molecule is Cc1cc(C)c(C(=O)NCC2CCCN2)c(C)c1.Cl. The van der Waals surface area contributed by atoms with Crippen LogP contribution in [-0.2, 0) is 0 Å². The van der Waals surface area contributed by atoms with E-state index in [0.29, 0.717) is 6.04 Å². The Hall–Kier alpha value is -1.06. The van der Waals surface area contributed by atoms with Crippen LogP contribution in [0.25, 0.3) is 0 Å². The molecule has 1 amide bonds. The predicted octanol–water partition coefficient (Wildman–Crippen LogP) is 2.52. The molecule has 1 atom stereocenters. The second kappa shape index (κ2) is 6.92. The first-order chi connectivity index (χ1) is 8.58. The number of benzene rings is 1. The summed E-state index contributed by atoms with van der Waals surface area (Å²) in [7, 11) is 0. The summed E-state index contributed by atoms with van der Waals surface area (Å²) in [5.74, 6) is 0.0544. The van der Waals surface area contributed by atoms with Gasteiger partial charge in [-0.05, 0) is 51.3 Å². The molecule has 4 heteroatoms. The molecule has 1 aromatic rings. The number of carbonyl (C=O) groups is 1. The van der Waals surface area contributed by atoms with Gasteiger partial charge < -0.3 is 10.6 Å². The average molecular weight is 283 g/mol. The number of hydrogen-bond acceptors (Lipinski definition) is 2. The molecule has 0 radical (unpaired) electrons. The molecule has 1 saturated heterocycles. The number of aryl methyl sites for hydroxylation is 3. The zero-order valence-corrected chi connectivity index (χ0v) is 12.7. The van der Waals surface area contributed by atoms with Crippen LogP contribution in [0.4, 0.5) is 0 Å². The van der Waals surface area contributed by atoms with E-state index in [1.54, 1.807) is 0 Å². The van der Waals surface area contributed by atoms with Crippen LogP contribution in [0.5, 0.6) is 0 Å². The van der Waals surface area contributed by atoms with Crippen molar-refractivity contribution in [1.82, 2.24) is 10.6 Å². The zero-order chi connectivity index (χ0) is 13.1. The first-order valence-electron chi connectivity index (χ1n) is 6.67. The third-order valence-corrected chi connectivity index (χ3v) is 3.58. The molecule has 1 unspecified atom stereocenters. The minimum Gasteiger partial charge on any atom is -0.350 e. The lowest BCUT2D eigenvalue weighted by Crippen LogP contribution is -2.37. The van der Waals surface area contributed by atoms with E-state index in [4.69, 9.17) is 0 Å². The minimum absolute atomic E-state index is 0. The van der Waals surface area contributed by atoms with Gasteiger partial charge in [-0.1, -0.05) is 17.7 Å². The summed E-state index contributed by atoms with van der Waals surface area (Å²) in [6.07, 6.45) is 2.37. The van der Waals surface area contributed by atoms with Crippen molar-refractivity contribution in [3.8, 4) is 0 Å². The number of rotatable bonds is 3. The van der Waals surface area contributed by atoms with Crippen molar-refractivity contribution in [2.24, 2.45) is 0 Å². The van der Waals surface area contributed by atoms with Gasteiger partial charge in [0.1, 0.15) is 0 Å². The Labute approximate surface area is 121 Å². The van der Waals surface area contributed by atoms with E-state index in [9.17, 15) is 4.79 Å². The summed E-state index contributed by atoms with van der Waals surface area (Å²) < 4.78 is 0. The lowest BCUT2D eigenvalue weighted by Gasteiger charge is -2.14. The first-order valence-corrected chi connectivity index (χ1v) is 6.67. The maximum Gasteiger partial charge on any atom is 0.251 e. The van der Waals surface area contributed by atoms with Crippen LogP contribution < -0.4 is 10.6 Å². The molecule has 0 spiro atoms. The second-order valence-corrected chi connectivity index (χ2v) is 5.28. The molecular formula is C15H23ClN2O. The van der Waals surface area contributed by atoms with Gasteiger partial charge in [0.2, 0.25) is 0 Å². The molecule has 2 rings (SSSR count). The fraction of sp³-hybridized carbons (Fsp3) is 0.533. The molecule has 1 aliphatic rings. The zero-order valence-electron chi connectivity index (χ0n) is 11.9. The predicted molar refractivity (Wildman–Crippen MR) is 81.3 cm³/mol. The number of nitrogens with one attached hydrogen (secondary N) is 2. The van der Waals surface area contributed by atoms with Gasteiger partial charge in [0, 0.05) is 18.2 Å². The van der Waals surface area contributed by atoms with Crippen molar-refractivity contribution in [3.63, 3.8) is 0 Å². The molecule has 1 heterocycles. The topological polar surface area (TPSA) is 41.1 Å². The van der Waals surface area contributed by atoms with Crippen molar-refractivity contribution in [1.29, 1.82) is 0 Å². The highest BCUT2D eigenvalue weighted by Gasteiger charge is 2.17. The quantitative estimate of drug-likeness (QED) is 0.894. The van der Waals surface area contributed by atoms with E-state index in [1.807, 2.05) is 13.8 Å². The Balaban J connectivity index is 0.00000180. The van der Waals surface area contributed by atoms with Crippen molar-refractivity contribution < 1.29 is 4.79 Å². The van der Waals surface area contributed by atoms with E-state index < -0.39 is 0 Å².